The largest absolute Gasteiger partial charge is 0.497 e. The molecule has 5 nitrogen and oxygen atoms in total. The summed E-state index contributed by atoms with van der Waals surface area (Å²) in [5, 5.41) is 0.971. The molecule has 3 aliphatic heterocycles. The van der Waals surface area contributed by atoms with Gasteiger partial charge in [0.25, 0.3) is 0 Å². The number of pyridine rings is 1. The maximum Gasteiger partial charge on any atom is 0.313 e. The van der Waals surface area contributed by atoms with Crippen molar-refractivity contribution in [3.63, 3.8) is 0 Å². The van der Waals surface area contributed by atoms with Gasteiger partial charge < -0.3 is 9.47 Å². The fourth-order valence-corrected chi connectivity index (χ4v) is 6.34. The van der Waals surface area contributed by atoms with E-state index in [-0.39, 0.29) is 17.9 Å². The van der Waals surface area contributed by atoms with E-state index in [2.05, 4.69) is 60.7 Å². The van der Waals surface area contributed by atoms with E-state index in [1.165, 1.54) is 5.56 Å². The number of hydrogen-bond acceptors (Lipinski definition) is 5. The molecule has 0 saturated carbocycles. The Morgan fingerprint density at radius 2 is 1.95 bits per heavy atom. The van der Waals surface area contributed by atoms with Gasteiger partial charge in [0.05, 0.1) is 24.6 Å². The standard InChI is InChI=1S/C33H40N2O3/c1-6-24-20-35-16-14-26(24)18-31(35)32(28-13-15-34-30-12-11-27(37-5)19-29(28)30)38-33(36)22(4)25-9-7-23(8-10-25)17-21(2)3/h6-13,15,19,21-22,24,26,31-32H,1,14,16-18,20H2,2-5H3/t22-,24-,26-,31-,32+/m0/s1. The number of carbonyl (C=O) groups is 1. The first-order valence-corrected chi connectivity index (χ1v) is 14.0. The first kappa shape index (κ1) is 26.4. The highest BCUT2D eigenvalue weighted by Crippen LogP contribution is 2.44. The number of hydrogen-bond donors (Lipinski definition) is 0. The second-order valence-corrected chi connectivity index (χ2v) is 11.4. The summed E-state index contributed by atoms with van der Waals surface area (Å²) in [7, 11) is 1.67. The minimum atomic E-state index is -0.392. The van der Waals surface area contributed by atoms with E-state index in [9.17, 15) is 4.79 Å². The highest BCUT2D eigenvalue weighted by Gasteiger charge is 2.44. The molecule has 5 heteroatoms. The molecular weight excluding hydrogens is 472 g/mol. The molecule has 3 aliphatic rings. The smallest absolute Gasteiger partial charge is 0.313 e. The summed E-state index contributed by atoms with van der Waals surface area (Å²) in [5.41, 5.74) is 4.15. The number of nitrogens with zero attached hydrogens (tertiary/aromatic N) is 2. The molecule has 200 valence electrons. The van der Waals surface area contributed by atoms with Gasteiger partial charge in [-0.1, -0.05) is 44.2 Å². The lowest BCUT2D eigenvalue weighted by Gasteiger charge is -2.51. The summed E-state index contributed by atoms with van der Waals surface area (Å²) in [5.74, 6) is 1.88. The van der Waals surface area contributed by atoms with E-state index >= 15 is 0 Å². The first-order valence-electron chi connectivity index (χ1n) is 14.0. The van der Waals surface area contributed by atoms with Crippen molar-refractivity contribution in [1.82, 2.24) is 9.88 Å². The number of carbonyl (C=O) groups excluding carboxylic acids is 1. The van der Waals surface area contributed by atoms with Crippen molar-refractivity contribution in [3.05, 3.63) is 84.1 Å². The lowest BCUT2D eigenvalue weighted by Crippen LogP contribution is -2.55. The molecule has 2 aromatic carbocycles. The Morgan fingerprint density at radius 1 is 1.16 bits per heavy atom. The van der Waals surface area contributed by atoms with Gasteiger partial charge in [0.2, 0.25) is 0 Å². The lowest BCUT2D eigenvalue weighted by atomic mass is 9.73. The van der Waals surface area contributed by atoms with Crippen molar-refractivity contribution in [1.29, 1.82) is 0 Å². The molecule has 1 aromatic heterocycles. The van der Waals surface area contributed by atoms with Gasteiger partial charge in [-0.2, -0.15) is 0 Å². The van der Waals surface area contributed by atoms with Gasteiger partial charge in [0, 0.05) is 23.7 Å². The topological polar surface area (TPSA) is 51.7 Å². The Balaban J connectivity index is 1.47. The Bertz CT molecular complexity index is 1290. The van der Waals surface area contributed by atoms with Crippen LogP contribution in [0.15, 0.2) is 67.4 Å². The van der Waals surface area contributed by atoms with Crippen LogP contribution in [-0.4, -0.2) is 42.1 Å². The Morgan fingerprint density at radius 3 is 2.61 bits per heavy atom. The van der Waals surface area contributed by atoms with Gasteiger partial charge in [0.1, 0.15) is 11.9 Å². The highest BCUT2D eigenvalue weighted by atomic mass is 16.5. The van der Waals surface area contributed by atoms with Crippen LogP contribution in [0.25, 0.3) is 10.9 Å². The molecule has 1 unspecified atom stereocenters. The molecule has 3 fully saturated rings. The molecule has 4 heterocycles. The van der Waals surface area contributed by atoms with E-state index in [4.69, 9.17) is 9.47 Å². The van der Waals surface area contributed by atoms with Crippen molar-refractivity contribution in [3.8, 4) is 5.75 Å². The van der Waals surface area contributed by atoms with Crippen molar-refractivity contribution >= 4 is 16.9 Å². The fraction of sp³-hybridized carbons (Fsp3) is 0.455. The summed E-state index contributed by atoms with van der Waals surface area (Å²) >= 11 is 0. The van der Waals surface area contributed by atoms with E-state index in [0.29, 0.717) is 17.8 Å². The molecule has 2 bridgehead atoms. The van der Waals surface area contributed by atoms with Gasteiger partial charge in [-0.05, 0) is 85.9 Å². The van der Waals surface area contributed by atoms with Gasteiger partial charge >= 0.3 is 5.97 Å². The third kappa shape index (κ3) is 5.35. The van der Waals surface area contributed by atoms with Crippen LogP contribution in [0.1, 0.15) is 62.3 Å². The molecule has 3 aromatic rings. The molecule has 6 atom stereocenters. The average Bonchev–Trinajstić information content (AvgIpc) is 2.95. The third-order valence-corrected chi connectivity index (χ3v) is 8.51. The second-order valence-electron chi connectivity index (χ2n) is 11.4. The minimum Gasteiger partial charge on any atom is -0.497 e. The van der Waals surface area contributed by atoms with E-state index in [1.807, 2.05) is 37.4 Å². The first-order chi connectivity index (χ1) is 18.4. The zero-order valence-electron chi connectivity index (χ0n) is 23.1. The van der Waals surface area contributed by atoms with Crippen molar-refractivity contribution in [2.45, 2.75) is 58.1 Å². The fourth-order valence-electron chi connectivity index (χ4n) is 6.34. The van der Waals surface area contributed by atoms with Crippen LogP contribution in [0.4, 0.5) is 0 Å². The molecule has 0 amide bonds. The number of aromatic nitrogens is 1. The number of benzene rings is 2. The number of rotatable bonds is 9. The zero-order chi connectivity index (χ0) is 26.8. The molecule has 0 spiro atoms. The summed E-state index contributed by atoms with van der Waals surface area (Å²) in [6, 6.07) is 16.5. The second kappa shape index (κ2) is 11.3. The maximum atomic E-state index is 13.7. The molecule has 6 rings (SSSR count). The summed E-state index contributed by atoms with van der Waals surface area (Å²) in [6.07, 6.45) is 6.72. The van der Waals surface area contributed by atoms with Crippen LogP contribution >= 0.6 is 0 Å². The normalized spacial score (nSPS) is 24.2. The predicted octanol–water partition coefficient (Wildman–Crippen LogP) is 6.73. The van der Waals surface area contributed by atoms with Gasteiger partial charge in [0.15, 0.2) is 0 Å². The summed E-state index contributed by atoms with van der Waals surface area (Å²) < 4.78 is 12.0. The van der Waals surface area contributed by atoms with Crippen LogP contribution in [0, 0.1) is 17.8 Å². The van der Waals surface area contributed by atoms with Crippen molar-refractivity contribution < 1.29 is 14.3 Å². The quantitative estimate of drug-likeness (QED) is 0.235. The van der Waals surface area contributed by atoms with E-state index in [0.717, 1.165) is 60.1 Å². The number of piperidine rings is 3. The van der Waals surface area contributed by atoms with E-state index in [1.54, 1.807) is 7.11 Å². The van der Waals surface area contributed by atoms with E-state index < -0.39 is 6.10 Å². The summed E-state index contributed by atoms with van der Waals surface area (Å²) in [6.45, 7) is 12.5. The average molecular weight is 513 g/mol. The molecule has 0 aliphatic carbocycles. The van der Waals surface area contributed by atoms with Gasteiger partial charge in [-0.3, -0.25) is 14.7 Å². The van der Waals surface area contributed by atoms with Crippen LogP contribution in [0.2, 0.25) is 0 Å². The Kier molecular flexibility index (Phi) is 7.85. The van der Waals surface area contributed by atoms with Crippen molar-refractivity contribution in [2.75, 3.05) is 20.2 Å². The van der Waals surface area contributed by atoms with Crippen LogP contribution in [0.5, 0.6) is 5.75 Å². The maximum absolute atomic E-state index is 13.7. The minimum absolute atomic E-state index is 0.117. The lowest BCUT2D eigenvalue weighted by molar-refractivity contribution is -0.158. The van der Waals surface area contributed by atoms with Crippen LogP contribution in [-0.2, 0) is 16.0 Å². The van der Waals surface area contributed by atoms with Crippen LogP contribution in [0.3, 0.4) is 0 Å². The number of fused-ring (bicyclic) bond motifs is 4. The number of ether oxygens (including phenoxy) is 2. The summed E-state index contributed by atoms with van der Waals surface area (Å²) in [4.78, 5) is 20.8. The van der Waals surface area contributed by atoms with Gasteiger partial charge in [-0.25, -0.2) is 0 Å². The molecule has 3 saturated heterocycles. The van der Waals surface area contributed by atoms with Gasteiger partial charge in [-0.15, -0.1) is 6.58 Å². The molecular formula is C33H40N2O3. The molecule has 0 N–H and O–H groups in total. The zero-order valence-corrected chi connectivity index (χ0v) is 23.1. The molecule has 0 radical (unpaired) electrons. The third-order valence-electron chi connectivity index (χ3n) is 8.51. The SMILES string of the molecule is C=C[C@H]1CN2CC[C@H]1C[C@H]2[C@H](OC(=O)[C@@H](C)c1ccc(CC(C)C)cc1)c1ccnc2ccc(OC)cc12. The van der Waals surface area contributed by atoms with Crippen LogP contribution < -0.4 is 4.74 Å². The predicted molar refractivity (Wildman–Crippen MR) is 152 cm³/mol. The molecule has 38 heavy (non-hydrogen) atoms. The highest BCUT2D eigenvalue weighted by molar-refractivity contribution is 5.85. The number of methoxy groups -OCH3 is 1. The monoisotopic (exact) mass is 512 g/mol. The van der Waals surface area contributed by atoms with Crippen molar-refractivity contribution in [2.24, 2.45) is 17.8 Å². The Labute approximate surface area is 226 Å². The Hall–Kier alpha value is -3.18. The number of esters is 1.